The van der Waals surface area contributed by atoms with E-state index >= 15 is 0 Å². The third-order valence-electron chi connectivity index (χ3n) is 3.38. The summed E-state index contributed by atoms with van der Waals surface area (Å²) >= 11 is 5.84. The van der Waals surface area contributed by atoms with Crippen molar-refractivity contribution in [1.82, 2.24) is 15.0 Å². The lowest BCUT2D eigenvalue weighted by atomic mass is 10.2. The molecule has 0 fully saturated rings. The first-order valence-electron chi connectivity index (χ1n) is 7.12. The van der Waals surface area contributed by atoms with E-state index < -0.39 is 5.82 Å². The second kappa shape index (κ2) is 6.80. The summed E-state index contributed by atoms with van der Waals surface area (Å²) < 4.78 is 18.1. The Labute approximate surface area is 142 Å². The summed E-state index contributed by atoms with van der Waals surface area (Å²) in [5.41, 5.74) is 1.15. The third kappa shape index (κ3) is 3.60. The van der Waals surface area contributed by atoms with E-state index in [1.165, 1.54) is 29.2 Å². The topological polar surface area (TPSA) is 59.2 Å². The molecule has 0 aliphatic carbocycles. The molecule has 0 saturated heterocycles. The highest BCUT2D eigenvalue weighted by atomic mass is 35.5. The van der Waals surface area contributed by atoms with Crippen LogP contribution in [-0.2, 0) is 6.54 Å². The highest BCUT2D eigenvalue weighted by Crippen LogP contribution is 2.19. The Hall–Kier alpha value is -2.73. The Bertz CT molecular complexity index is 847. The maximum Gasteiger partial charge on any atom is 0.254 e. The molecule has 1 aromatic heterocycles. The van der Waals surface area contributed by atoms with E-state index in [1.807, 2.05) is 0 Å². The molecular formula is C17H13ClFN3O2. The number of rotatable bonds is 4. The fraction of sp³-hybridized carbons (Fsp3) is 0.118. The Kier molecular flexibility index (Phi) is 4.57. The van der Waals surface area contributed by atoms with Gasteiger partial charge in [0.05, 0.1) is 6.54 Å². The van der Waals surface area contributed by atoms with Crippen LogP contribution >= 0.6 is 11.6 Å². The lowest BCUT2D eigenvalue weighted by molar-refractivity contribution is 0.0769. The van der Waals surface area contributed by atoms with Crippen LogP contribution in [0.25, 0.3) is 11.4 Å². The molecule has 5 nitrogen and oxygen atoms in total. The Morgan fingerprint density at radius 3 is 2.50 bits per heavy atom. The average Bonchev–Trinajstić information content (AvgIpc) is 3.04. The summed E-state index contributed by atoms with van der Waals surface area (Å²) in [4.78, 5) is 18.0. The van der Waals surface area contributed by atoms with Gasteiger partial charge in [0.2, 0.25) is 11.7 Å². The molecule has 0 aliphatic rings. The predicted molar refractivity (Wildman–Crippen MR) is 86.9 cm³/mol. The second-order valence-corrected chi connectivity index (χ2v) is 5.62. The summed E-state index contributed by atoms with van der Waals surface area (Å²) in [6.07, 6.45) is 0. The second-order valence-electron chi connectivity index (χ2n) is 5.19. The molecule has 0 radical (unpaired) electrons. The molecule has 0 spiro atoms. The van der Waals surface area contributed by atoms with Crippen molar-refractivity contribution in [1.29, 1.82) is 0 Å². The smallest absolute Gasteiger partial charge is 0.254 e. The fourth-order valence-electron chi connectivity index (χ4n) is 2.12. The van der Waals surface area contributed by atoms with Gasteiger partial charge in [0.15, 0.2) is 0 Å². The lowest BCUT2D eigenvalue weighted by Crippen LogP contribution is -2.26. The van der Waals surface area contributed by atoms with E-state index in [-0.39, 0.29) is 12.5 Å². The van der Waals surface area contributed by atoms with Crippen LogP contribution in [0.15, 0.2) is 53.1 Å². The molecule has 0 bridgehead atoms. The number of hydrogen-bond acceptors (Lipinski definition) is 4. The van der Waals surface area contributed by atoms with Crippen LogP contribution in [0.1, 0.15) is 16.2 Å². The first-order chi connectivity index (χ1) is 11.5. The molecule has 0 N–H and O–H groups in total. The van der Waals surface area contributed by atoms with E-state index in [4.69, 9.17) is 16.1 Å². The number of benzene rings is 2. The maximum atomic E-state index is 12.9. The van der Waals surface area contributed by atoms with Gasteiger partial charge in [0, 0.05) is 23.2 Å². The molecule has 122 valence electrons. The standard InChI is InChI=1S/C17H13ClFN3O2/c1-22(17(23)12-4-8-14(19)9-5-12)10-15-20-16(21-24-15)11-2-6-13(18)7-3-11/h2-9H,10H2,1H3. The van der Waals surface area contributed by atoms with Gasteiger partial charge in [-0.05, 0) is 48.5 Å². The van der Waals surface area contributed by atoms with E-state index in [9.17, 15) is 9.18 Å². The van der Waals surface area contributed by atoms with Crippen molar-refractivity contribution >= 4 is 17.5 Å². The summed E-state index contributed by atoms with van der Waals surface area (Å²) in [6.45, 7) is 0.150. The number of hydrogen-bond donors (Lipinski definition) is 0. The number of carbonyl (C=O) groups excluding carboxylic acids is 1. The van der Waals surface area contributed by atoms with Gasteiger partial charge in [0.25, 0.3) is 5.91 Å². The van der Waals surface area contributed by atoms with Crippen molar-refractivity contribution in [2.45, 2.75) is 6.54 Å². The first-order valence-corrected chi connectivity index (χ1v) is 7.50. The summed E-state index contributed by atoms with van der Waals surface area (Å²) in [5.74, 6) is 0.0714. The van der Waals surface area contributed by atoms with Crippen molar-refractivity contribution in [2.75, 3.05) is 7.05 Å². The largest absolute Gasteiger partial charge is 0.337 e. The minimum atomic E-state index is -0.390. The van der Waals surface area contributed by atoms with Crippen molar-refractivity contribution in [3.8, 4) is 11.4 Å². The monoisotopic (exact) mass is 345 g/mol. The molecule has 1 amide bonds. The van der Waals surface area contributed by atoms with Gasteiger partial charge < -0.3 is 9.42 Å². The zero-order valence-electron chi connectivity index (χ0n) is 12.7. The number of aromatic nitrogens is 2. The van der Waals surface area contributed by atoms with Crippen molar-refractivity contribution in [2.24, 2.45) is 0 Å². The molecular weight excluding hydrogens is 333 g/mol. The Morgan fingerprint density at radius 1 is 1.17 bits per heavy atom. The van der Waals surface area contributed by atoms with Crippen molar-refractivity contribution < 1.29 is 13.7 Å². The van der Waals surface area contributed by atoms with Crippen LogP contribution < -0.4 is 0 Å². The van der Waals surface area contributed by atoms with E-state index in [0.717, 1.165) is 5.56 Å². The molecule has 1 heterocycles. The Balaban J connectivity index is 1.70. The fourth-order valence-corrected chi connectivity index (χ4v) is 2.25. The van der Waals surface area contributed by atoms with E-state index in [0.29, 0.717) is 22.3 Å². The summed E-state index contributed by atoms with van der Waals surface area (Å²) in [6, 6.07) is 12.4. The van der Waals surface area contributed by atoms with Crippen molar-refractivity contribution in [3.63, 3.8) is 0 Å². The highest BCUT2D eigenvalue weighted by molar-refractivity contribution is 6.30. The van der Waals surface area contributed by atoms with Gasteiger partial charge in [0.1, 0.15) is 5.82 Å². The Morgan fingerprint density at radius 2 is 1.83 bits per heavy atom. The zero-order valence-corrected chi connectivity index (χ0v) is 13.5. The van der Waals surface area contributed by atoms with Crippen LogP contribution in [0.2, 0.25) is 5.02 Å². The molecule has 3 aromatic rings. The minimum absolute atomic E-state index is 0.150. The SMILES string of the molecule is CN(Cc1nc(-c2ccc(Cl)cc2)no1)C(=O)c1ccc(F)cc1. The number of nitrogens with zero attached hydrogens (tertiary/aromatic N) is 3. The number of carbonyl (C=O) groups is 1. The molecule has 24 heavy (non-hydrogen) atoms. The van der Waals surface area contributed by atoms with Gasteiger partial charge in [-0.15, -0.1) is 0 Å². The molecule has 0 aliphatic heterocycles. The normalized spacial score (nSPS) is 10.6. The van der Waals surface area contributed by atoms with Crippen LogP contribution in [0, 0.1) is 5.82 Å². The molecule has 0 unspecified atom stereocenters. The minimum Gasteiger partial charge on any atom is -0.337 e. The summed E-state index contributed by atoms with van der Waals surface area (Å²) in [5, 5.41) is 4.51. The van der Waals surface area contributed by atoms with Crippen LogP contribution in [0.3, 0.4) is 0 Å². The lowest BCUT2D eigenvalue weighted by Gasteiger charge is -2.14. The molecule has 2 aromatic carbocycles. The molecule has 0 saturated carbocycles. The van der Waals surface area contributed by atoms with Gasteiger partial charge in [-0.2, -0.15) is 4.98 Å². The number of halogens is 2. The van der Waals surface area contributed by atoms with E-state index in [2.05, 4.69) is 10.1 Å². The predicted octanol–water partition coefficient (Wildman–Crippen LogP) is 3.80. The first kappa shape index (κ1) is 16.1. The van der Waals surface area contributed by atoms with Crippen LogP contribution in [0.5, 0.6) is 0 Å². The zero-order chi connectivity index (χ0) is 17.1. The number of amides is 1. The highest BCUT2D eigenvalue weighted by Gasteiger charge is 2.16. The van der Waals surface area contributed by atoms with Gasteiger partial charge >= 0.3 is 0 Å². The maximum absolute atomic E-state index is 12.9. The van der Waals surface area contributed by atoms with E-state index in [1.54, 1.807) is 31.3 Å². The summed E-state index contributed by atoms with van der Waals surface area (Å²) in [7, 11) is 1.61. The molecule has 0 atom stereocenters. The molecule has 7 heteroatoms. The quantitative estimate of drug-likeness (QED) is 0.721. The van der Waals surface area contributed by atoms with Crippen LogP contribution in [-0.4, -0.2) is 28.0 Å². The van der Waals surface area contributed by atoms with Gasteiger partial charge in [-0.3, -0.25) is 4.79 Å². The van der Waals surface area contributed by atoms with Crippen molar-refractivity contribution in [3.05, 3.63) is 70.8 Å². The third-order valence-corrected chi connectivity index (χ3v) is 3.63. The molecule has 3 rings (SSSR count). The average molecular weight is 346 g/mol. The van der Waals surface area contributed by atoms with Gasteiger partial charge in [-0.25, -0.2) is 4.39 Å². The van der Waals surface area contributed by atoms with Gasteiger partial charge in [-0.1, -0.05) is 16.8 Å². The van der Waals surface area contributed by atoms with Crippen LogP contribution in [0.4, 0.5) is 4.39 Å².